The molecule has 100 valence electrons. The summed E-state index contributed by atoms with van der Waals surface area (Å²) in [7, 11) is 0. The second-order valence-corrected chi connectivity index (χ2v) is 5.61. The number of nitrogen functional groups attached to an aromatic ring is 1. The summed E-state index contributed by atoms with van der Waals surface area (Å²) in [5, 5.41) is 1.16. The van der Waals surface area contributed by atoms with E-state index in [0.717, 1.165) is 35.9 Å². The normalized spacial score (nSPS) is 15.2. The molecule has 0 amide bonds. The van der Waals surface area contributed by atoms with Crippen molar-refractivity contribution in [3.05, 3.63) is 35.0 Å². The largest absolute Gasteiger partial charge is 0.398 e. The average molecular weight is 254 g/mol. The minimum Gasteiger partial charge on any atom is -0.398 e. The van der Waals surface area contributed by atoms with Crippen molar-refractivity contribution in [3.63, 3.8) is 0 Å². The van der Waals surface area contributed by atoms with Crippen molar-refractivity contribution in [1.29, 1.82) is 0 Å². The molecule has 0 fully saturated rings. The van der Waals surface area contributed by atoms with E-state index < -0.39 is 0 Å². The molecule has 2 N–H and O–H groups in total. The predicted octanol–water partition coefficient (Wildman–Crippen LogP) is 4.04. The molecule has 0 aliphatic heterocycles. The fraction of sp³-hybridized carbons (Fsp3) is 0.471. The Hall–Kier alpha value is -1.57. The fourth-order valence-corrected chi connectivity index (χ4v) is 3.13. The molecule has 19 heavy (non-hydrogen) atoms. The molecule has 1 aliphatic rings. The molecule has 0 bridgehead atoms. The zero-order valence-electron chi connectivity index (χ0n) is 11.7. The molecule has 2 aromatic rings. The van der Waals surface area contributed by atoms with Crippen LogP contribution in [0.1, 0.15) is 49.4 Å². The second kappa shape index (κ2) is 5.20. The number of nitrogens with two attached hydrogens (primary N) is 1. The van der Waals surface area contributed by atoms with Crippen LogP contribution in [-0.2, 0) is 19.3 Å². The van der Waals surface area contributed by atoms with Gasteiger partial charge in [-0.25, -0.2) is 0 Å². The van der Waals surface area contributed by atoms with Crippen LogP contribution in [0.15, 0.2) is 18.2 Å². The lowest BCUT2D eigenvalue weighted by molar-refractivity contribution is 0.709. The molecule has 2 heteroatoms. The van der Waals surface area contributed by atoms with Gasteiger partial charge in [0.15, 0.2) is 0 Å². The van der Waals surface area contributed by atoms with Crippen molar-refractivity contribution in [3.8, 4) is 0 Å². The van der Waals surface area contributed by atoms with Gasteiger partial charge in [-0.05, 0) is 55.4 Å². The molecule has 1 aromatic heterocycles. The third kappa shape index (κ3) is 2.32. The molecular formula is C17H22N2. The Morgan fingerprint density at radius 2 is 2.00 bits per heavy atom. The van der Waals surface area contributed by atoms with Gasteiger partial charge in [0.2, 0.25) is 0 Å². The SMILES string of the molecule is CCCc1ccc2nc3c(c(N)c2c1)CCCCC3. The molecule has 0 saturated carbocycles. The standard InChI is InChI=1S/C17H22N2/c1-2-6-12-9-10-16-14(11-12)17(18)13-7-4-3-5-8-15(13)19-16/h9-11H,2-8H2,1H3,(H2,18,19). The van der Waals surface area contributed by atoms with Crippen molar-refractivity contribution < 1.29 is 0 Å². The molecular weight excluding hydrogens is 232 g/mol. The Balaban J connectivity index is 2.17. The van der Waals surface area contributed by atoms with E-state index in [1.807, 2.05) is 0 Å². The van der Waals surface area contributed by atoms with Gasteiger partial charge in [0, 0.05) is 16.8 Å². The van der Waals surface area contributed by atoms with Gasteiger partial charge in [-0.2, -0.15) is 0 Å². The minimum atomic E-state index is 0.986. The molecule has 0 atom stereocenters. The summed E-state index contributed by atoms with van der Waals surface area (Å²) in [6.45, 7) is 2.21. The summed E-state index contributed by atoms with van der Waals surface area (Å²) < 4.78 is 0. The first kappa shape index (κ1) is 12.5. The van der Waals surface area contributed by atoms with Gasteiger partial charge in [0.1, 0.15) is 0 Å². The number of aryl methyl sites for hydroxylation is 2. The average Bonchev–Trinajstić information content (AvgIpc) is 2.65. The van der Waals surface area contributed by atoms with Crippen LogP contribution in [0.3, 0.4) is 0 Å². The Morgan fingerprint density at radius 1 is 1.16 bits per heavy atom. The lowest BCUT2D eigenvalue weighted by Gasteiger charge is -2.13. The second-order valence-electron chi connectivity index (χ2n) is 5.61. The Morgan fingerprint density at radius 3 is 2.84 bits per heavy atom. The van der Waals surface area contributed by atoms with E-state index in [2.05, 4.69) is 25.1 Å². The van der Waals surface area contributed by atoms with E-state index in [4.69, 9.17) is 10.7 Å². The van der Waals surface area contributed by atoms with E-state index in [1.54, 1.807) is 0 Å². The minimum absolute atomic E-state index is 0.986. The lowest BCUT2D eigenvalue weighted by atomic mass is 10.00. The number of aromatic nitrogens is 1. The van der Waals surface area contributed by atoms with Crippen LogP contribution in [-0.4, -0.2) is 4.98 Å². The van der Waals surface area contributed by atoms with Crippen LogP contribution in [0.5, 0.6) is 0 Å². The molecule has 0 saturated heterocycles. The van der Waals surface area contributed by atoms with Crippen LogP contribution < -0.4 is 5.73 Å². The van der Waals surface area contributed by atoms with Crippen molar-refractivity contribution in [2.45, 2.75) is 51.9 Å². The number of benzene rings is 1. The zero-order valence-corrected chi connectivity index (χ0v) is 11.7. The van der Waals surface area contributed by atoms with Crippen molar-refractivity contribution in [2.75, 3.05) is 5.73 Å². The molecule has 0 unspecified atom stereocenters. The number of anilines is 1. The van der Waals surface area contributed by atoms with E-state index in [1.165, 1.54) is 42.5 Å². The number of nitrogens with zero attached hydrogens (tertiary/aromatic N) is 1. The number of pyridine rings is 1. The Kier molecular flexibility index (Phi) is 3.41. The summed E-state index contributed by atoms with van der Waals surface area (Å²) in [6, 6.07) is 6.58. The topological polar surface area (TPSA) is 38.9 Å². The highest BCUT2D eigenvalue weighted by Gasteiger charge is 2.15. The van der Waals surface area contributed by atoms with Gasteiger partial charge < -0.3 is 5.73 Å². The summed E-state index contributed by atoms with van der Waals surface area (Å²) in [5.74, 6) is 0. The highest BCUT2D eigenvalue weighted by Crippen LogP contribution is 2.31. The maximum atomic E-state index is 6.43. The van der Waals surface area contributed by atoms with Crippen LogP contribution in [0.25, 0.3) is 10.9 Å². The van der Waals surface area contributed by atoms with E-state index in [-0.39, 0.29) is 0 Å². The van der Waals surface area contributed by atoms with Gasteiger partial charge in [-0.3, -0.25) is 4.98 Å². The smallest absolute Gasteiger partial charge is 0.0726 e. The number of rotatable bonds is 2. The third-order valence-corrected chi connectivity index (χ3v) is 4.16. The van der Waals surface area contributed by atoms with Gasteiger partial charge in [-0.1, -0.05) is 25.8 Å². The first-order chi connectivity index (χ1) is 9.29. The zero-order chi connectivity index (χ0) is 13.2. The quantitative estimate of drug-likeness (QED) is 0.821. The Labute approximate surface area is 115 Å². The molecule has 1 aliphatic carbocycles. The summed E-state index contributed by atoms with van der Waals surface area (Å²) >= 11 is 0. The van der Waals surface area contributed by atoms with Crippen LogP contribution in [0, 0.1) is 0 Å². The monoisotopic (exact) mass is 254 g/mol. The van der Waals surface area contributed by atoms with E-state index >= 15 is 0 Å². The number of hydrogen-bond acceptors (Lipinski definition) is 2. The van der Waals surface area contributed by atoms with Gasteiger partial charge in [-0.15, -0.1) is 0 Å². The van der Waals surface area contributed by atoms with Gasteiger partial charge >= 0.3 is 0 Å². The predicted molar refractivity (Wildman–Crippen MR) is 81.4 cm³/mol. The summed E-state index contributed by atoms with van der Waals surface area (Å²) in [5.41, 5.74) is 12.4. The fourth-order valence-electron chi connectivity index (χ4n) is 3.13. The number of fused-ring (bicyclic) bond motifs is 2. The van der Waals surface area contributed by atoms with E-state index in [0.29, 0.717) is 0 Å². The van der Waals surface area contributed by atoms with E-state index in [9.17, 15) is 0 Å². The molecule has 3 rings (SSSR count). The van der Waals surface area contributed by atoms with Crippen LogP contribution in [0.4, 0.5) is 5.69 Å². The number of hydrogen-bond donors (Lipinski definition) is 1. The molecule has 0 radical (unpaired) electrons. The van der Waals surface area contributed by atoms with Gasteiger partial charge in [0.05, 0.1) is 5.52 Å². The maximum Gasteiger partial charge on any atom is 0.0726 e. The highest BCUT2D eigenvalue weighted by atomic mass is 14.7. The van der Waals surface area contributed by atoms with Crippen molar-refractivity contribution in [2.24, 2.45) is 0 Å². The maximum absolute atomic E-state index is 6.43. The third-order valence-electron chi connectivity index (χ3n) is 4.16. The molecule has 0 spiro atoms. The molecule has 1 heterocycles. The Bertz CT molecular complexity index is 602. The molecule has 2 nitrogen and oxygen atoms in total. The van der Waals surface area contributed by atoms with Crippen molar-refractivity contribution >= 4 is 16.6 Å². The lowest BCUT2D eigenvalue weighted by Crippen LogP contribution is -2.03. The van der Waals surface area contributed by atoms with Crippen LogP contribution >= 0.6 is 0 Å². The summed E-state index contributed by atoms with van der Waals surface area (Å²) in [6.07, 6.45) is 8.27. The summed E-state index contributed by atoms with van der Waals surface area (Å²) in [4.78, 5) is 4.86. The van der Waals surface area contributed by atoms with Gasteiger partial charge in [0.25, 0.3) is 0 Å². The first-order valence-corrected chi connectivity index (χ1v) is 7.49. The van der Waals surface area contributed by atoms with Crippen LogP contribution in [0.2, 0.25) is 0 Å². The molecule has 1 aromatic carbocycles. The highest BCUT2D eigenvalue weighted by molar-refractivity contribution is 5.92. The first-order valence-electron chi connectivity index (χ1n) is 7.49. The van der Waals surface area contributed by atoms with Crippen molar-refractivity contribution in [1.82, 2.24) is 4.98 Å².